The van der Waals surface area contributed by atoms with Crippen molar-refractivity contribution in [3.63, 3.8) is 0 Å². The summed E-state index contributed by atoms with van der Waals surface area (Å²) in [5.74, 6) is -1.47. The number of aliphatic hydroxyl groups is 2. The minimum Gasteiger partial charge on any atom is -0.744 e. The second-order valence-electron chi connectivity index (χ2n) is 17.2. The van der Waals surface area contributed by atoms with Crippen molar-refractivity contribution >= 4 is 99.8 Å². The molecule has 0 spiro atoms. The van der Waals surface area contributed by atoms with E-state index in [9.17, 15) is 69.6 Å². The SMILES string of the molecule is CN(CCCC(=O)NCCCCCCNP(=O)(O)OP(=O)(O)OP(O)(=S)OC[C@H]1O[C@@H](n2cnc3c(N)ncnc32)[C@H](O)[C@@H]1O)C(=O)c1ccccc1-c1c2ccc(=[NH2+])c(S(=O)(=O)O)c-2oc2c(S(=O)(=O)[O-])c(N)ccc12. The summed E-state index contributed by atoms with van der Waals surface area (Å²) in [6.07, 6.45) is -1.54. The third-order valence-electron chi connectivity index (χ3n) is 11.8. The zero-order valence-corrected chi connectivity index (χ0v) is 45.2. The molecule has 418 valence electrons. The van der Waals surface area contributed by atoms with Gasteiger partial charge in [-0.2, -0.15) is 12.7 Å². The van der Waals surface area contributed by atoms with E-state index < -0.39 is 112 Å². The molecule has 2 amide bonds. The van der Waals surface area contributed by atoms with E-state index in [1.165, 1.54) is 47.1 Å². The number of imidazole rings is 1. The largest absolute Gasteiger partial charge is 0.744 e. The van der Waals surface area contributed by atoms with E-state index in [-0.39, 0.29) is 89.4 Å². The molecule has 4 heterocycles. The Hall–Kier alpha value is -5.25. The van der Waals surface area contributed by atoms with Crippen molar-refractivity contribution in [3.05, 3.63) is 72.1 Å². The fraction of sp³-hybridized carbons (Fsp3) is 0.366. The maximum absolute atomic E-state index is 14.0. The van der Waals surface area contributed by atoms with Crippen LogP contribution in [0, 0.1) is 0 Å². The van der Waals surface area contributed by atoms with Crippen LogP contribution in [0.4, 0.5) is 11.5 Å². The zero-order chi connectivity index (χ0) is 56.4. The molecule has 14 N–H and O–H groups in total. The Morgan fingerprint density at radius 2 is 1.62 bits per heavy atom. The number of carbonyl (C=O) groups excluding carboxylic acids is 2. The first-order valence-corrected chi connectivity index (χ1v) is 31.2. The zero-order valence-electron chi connectivity index (χ0n) is 40.1. The van der Waals surface area contributed by atoms with Crippen LogP contribution in [-0.4, -0.2) is 139 Å². The number of phosphoric acid groups is 1. The van der Waals surface area contributed by atoms with E-state index >= 15 is 0 Å². The van der Waals surface area contributed by atoms with Gasteiger partial charge >= 0.3 is 32.4 Å². The number of nitrogen functional groups attached to an aromatic ring is 2. The number of carbonyl (C=O) groups is 2. The van der Waals surface area contributed by atoms with Gasteiger partial charge in [-0.15, -0.1) is 0 Å². The van der Waals surface area contributed by atoms with Gasteiger partial charge in [0.1, 0.15) is 45.2 Å². The number of amides is 2. The van der Waals surface area contributed by atoms with Gasteiger partial charge in [-0.3, -0.25) is 24.1 Å². The Morgan fingerprint density at radius 3 is 2.32 bits per heavy atom. The molecule has 3 aliphatic rings. The van der Waals surface area contributed by atoms with E-state index in [0.29, 0.717) is 19.3 Å². The Balaban J connectivity index is 0.838. The molecule has 77 heavy (non-hydrogen) atoms. The molecule has 1 fully saturated rings. The molecule has 1 saturated heterocycles. The van der Waals surface area contributed by atoms with Gasteiger partial charge in [-0.1, -0.05) is 31.0 Å². The van der Waals surface area contributed by atoms with Gasteiger partial charge in [0.05, 0.1) is 18.6 Å². The molecule has 7 rings (SSSR count). The van der Waals surface area contributed by atoms with E-state index in [2.05, 4.69) is 34.0 Å². The maximum Gasteiger partial charge on any atom is 0.487 e. The topological polar surface area (TPSA) is 480 Å². The standard InChI is InChI=1S/C41H51N10O20P3S3/c1-50(40(55)23-10-5-4-9-22(23)30-24-12-14-26(42)36(76(61,62)63)34(24)69-35-25(30)13-15-27(43)37(35)77(64,65)66)18-8-11-29(52)45-16-6-2-3-7-17-49-72(56,57)70-73(58,59)71-74(60,75)67-19-28-32(53)33(54)41(68-28)51-21-48-31-38(44)46-20-47-39(31)51/h4-5,9-10,12-15,20-21,28,32-33,41-42,53-54H,2-3,6-8,11,16-19,43H2,1H3,(H,45,52)(H,58,59)(H,60,75)(H2,44,46,47)(H2,49,56,57)(H,61,62,63)(H,64,65,66)/t28-,32-,33-,41-,74?/m1/s1. The van der Waals surface area contributed by atoms with Gasteiger partial charge in [0.25, 0.3) is 5.91 Å². The number of nitrogens with two attached hydrogens (primary N) is 3. The minimum atomic E-state index is -5.58. The summed E-state index contributed by atoms with van der Waals surface area (Å²) in [6.45, 7) is -5.37. The molecule has 2 aliphatic heterocycles. The highest BCUT2D eigenvalue weighted by molar-refractivity contribution is 8.08. The first-order valence-electron chi connectivity index (χ1n) is 22.7. The number of hydrogen-bond acceptors (Lipinski definition) is 22. The maximum atomic E-state index is 14.0. The van der Waals surface area contributed by atoms with E-state index in [1.54, 1.807) is 12.1 Å². The second-order valence-corrected chi connectivity index (χ2v) is 26.1. The quantitative estimate of drug-likeness (QED) is 0.0127. The van der Waals surface area contributed by atoms with Gasteiger partial charge in [0.15, 0.2) is 29.0 Å². The van der Waals surface area contributed by atoms with Gasteiger partial charge in [-0.05, 0) is 60.9 Å². The predicted molar refractivity (Wildman–Crippen MR) is 271 cm³/mol. The van der Waals surface area contributed by atoms with E-state index in [1.807, 2.05) is 0 Å². The summed E-state index contributed by atoms with van der Waals surface area (Å²) in [7, 11) is -19.6. The number of aromatic nitrogens is 4. The van der Waals surface area contributed by atoms with Crippen molar-refractivity contribution < 1.29 is 97.3 Å². The lowest BCUT2D eigenvalue weighted by atomic mass is 9.90. The summed E-state index contributed by atoms with van der Waals surface area (Å²) in [4.78, 5) is 68.8. The molecule has 2 aromatic heterocycles. The van der Waals surface area contributed by atoms with Crippen LogP contribution in [0.2, 0.25) is 0 Å². The van der Waals surface area contributed by atoms with Gasteiger partial charge in [0, 0.05) is 61.2 Å². The van der Waals surface area contributed by atoms with Crippen LogP contribution in [0.15, 0.2) is 75.4 Å². The van der Waals surface area contributed by atoms with Crippen molar-refractivity contribution in [2.45, 2.75) is 72.9 Å². The fourth-order valence-electron chi connectivity index (χ4n) is 8.28. The van der Waals surface area contributed by atoms with E-state index in [0.717, 1.165) is 18.5 Å². The number of anilines is 2. The number of ether oxygens (including phenoxy) is 1. The van der Waals surface area contributed by atoms with Gasteiger partial charge < -0.3 is 64.8 Å². The molecule has 3 unspecified atom stereocenters. The molecular weight excluding hydrogens is 1140 g/mol. The number of rotatable bonds is 24. The average molecular weight is 1190 g/mol. The molecule has 1 aliphatic carbocycles. The minimum absolute atomic E-state index is 0.00792. The lowest BCUT2D eigenvalue weighted by Gasteiger charge is -2.23. The summed E-state index contributed by atoms with van der Waals surface area (Å²) >= 11 is 4.75. The third-order valence-corrected chi connectivity index (χ3v) is 19.0. The van der Waals surface area contributed by atoms with Crippen molar-refractivity contribution in [2.24, 2.45) is 0 Å². The monoisotopic (exact) mass is 1190 g/mol. The number of nitrogens with zero attached hydrogens (tertiary/aromatic N) is 5. The molecule has 0 saturated carbocycles. The number of hydrogen-bond donors (Lipinski definition) is 11. The molecule has 2 aromatic carbocycles. The van der Waals surface area contributed by atoms with Crippen LogP contribution in [-0.2, 0) is 63.8 Å². The first-order chi connectivity index (χ1) is 36.0. The Bertz CT molecular complexity index is 3650. The normalized spacial score (nSPS) is 19.5. The summed E-state index contributed by atoms with van der Waals surface area (Å²) < 4.78 is 124. The Morgan fingerprint density at radius 1 is 0.922 bits per heavy atom. The summed E-state index contributed by atoms with van der Waals surface area (Å²) in [5.41, 5.74) is 11.1. The van der Waals surface area contributed by atoms with Gasteiger partial charge in [0.2, 0.25) is 16.2 Å². The highest BCUT2D eigenvalue weighted by Crippen LogP contribution is 2.66. The van der Waals surface area contributed by atoms with Crippen LogP contribution >= 0.6 is 22.3 Å². The van der Waals surface area contributed by atoms with Crippen molar-refractivity contribution in [1.29, 1.82) is 0 Å². The molecule has 7 atom stereocenters. The molecule has 30 nitrogen and oxygen atoms in total. The number of nitrogens with one attached hydrogen (secondary N) is 2. The van der Waals surface area contributed by atoms with Crippen LogP contribution in [0.25, 0.3) is 44.6 Å². The number of benzene rings is 3. The Labute approximate surface area is 442 Å². The smallest absolute Gasteiger partial charge is 0.487 e. The van der Waals surface area contributed by atoms with E-state index in [4.69, 9.17) is 42.4 Å². The van der Waals surface area contributed by atoms with Crippen molar-refractivity contribution in [1.82, 2.24) is 34.8 Å². The summed E-state index contributed by atoms with van der Waals surface area (Å²) in [5, 5.41) is 31.4. The highest BCUT2D eigenvalue weighted by atomic mass is 32.5. The Kier molecular flexibility index (Phi) is 18.2. The second kappa shape index (κ2) is 23.6. The van der Waals surface area contributed by atoms with Crippen LogP contribution in [0.3, 0.4) is 0 Å². The molecule has 0 bridgehead atoms. The van der Waals surface area contributed by atoms with Crippen LogP contribution in [0.1, 0.15) is 55.1 Å². The highest BCUT2D eigenvalue weighted by Gasteiger charge is 2.46. The number of aliphatic hydroxyl groups excluding tert-OH is 2. The average Bonchev–Trinajstić information content (AvgIpc) is 3.94. The molecular formula is C41H51N10O20P3S3. The number of unbranched alkanes of at least 4 members (excludes halogenated alkanes) is 3. The lowest BCUT2D eigenvalue weighted by Crippen LogP contribution is -2.47. The molecule has 0 radical (unpaired) electrons. The fourth-order valence-corrected chi connectivity index (χ4v) is 14.5. The first kappa shape index (κ1) is 59.4. The third kappa shape index (κ3) is 14.0. The van der Waals surface area contributed by atoms with Crippen LogP contribution < -0.4 is 32.6 Å². The molecule has 36 heteroatoms. The van der Waals surface area contributed by atoms with Crippen molar-refractivity contribution in [2.75, 3.05) is 44.8 Å². The summed E-state index contributed by atoms with van der Waals surface area (Å²) in [6, 6.07) is 11.0. The number of fused-ring (bicyclic) bond motifs is 3. The predicted octanol–water partition coefficient (Wildman–Crippen LogP) is 0.225. The van der Waals surface area contributed by atoms with Crippen LogP contribution in [0.5, 0.6) is 0 Å². The van der Waals surface area contributed by atoms with Gasteiger partial charge in [-0.25, -0.2) is 41.9 Å². The van der Waals surface area contributed by atoms with Crippen molar-refractivity contribution in [3.8, 4) is 22.5 Å². The lowest BCUT2D eigenvalue weighted by molar-refractivity contribution is -0.176. The molecule has 4 aromatic rings.